The summed E-state index contributed by atoms with van der Waals surface area (Å²) in [5, 5.41) is 10.7. The minimum Gasteiger partial charge on any atom is -0.493 e. The van der Waals surface area contributed by atoms with Gasteiger partial charge in [-0.15, -0.1) is 11.3 Å². The second-order valence-corrected chi connectivity index (χ2v) is 7.87. The normalized spacial score (nSPS) is 12.7. The van der Waals surface area contributed by atoms with Crippen molar-refractivity contribution in [2.75, 3.05) is 24.9 Å². The van der Waals surface area contributed by atoms with Gasteiger partial charge in [0.1, 0.15) is 0 Å². The zero-order chi connectivity index (χ0) is 21.8. The maximum Gasteiger partial charge on any atom is 0.319 e. The molecule has 2 aromatic carbocycles. The number of hydrogen-bond acceptors (Lipinski definition) is 6. The van der Waals surface area contributed by atoms with E-state index in [1.54, 1.807) is 38.5 Å². The maximum atomic E-state index is 12.7. The van der Waals surface area contributed by atoms with Gasteiger partial charge in [0.05, 0.1) is 19.9 Å². The van der Waals surface area contributed by atoms with Crippen molar-refractivity contribution in [1.82, 2.24) is 10.3 Å². The van der Waals surface area contributed by atoms with E-state index in [1.807, 2.05) is 23.6 Å². The van der Waals surface area contributed by atoms with Crippen LogP contribution < -0.4 is 25.4 Å². The van der Waals surface area contributed by atoms with Gasteiger partial charge in [0, 0.05) is 28.2 Å². The number of aromatic nitrogens is 1. The minimum absolute atomic E-state index is 0.260. The molecule has 1 aromatic heterocycles. The third-order valence-corrected chi connectivity index (χ3v) is 5.46. The molecule has 0 spiro atoms. The molecule has 31 heavy (non-hydrogen) atoms. The number of nitrogens with zero attached hydrogens (tertiary/aromatic N) is 1. The monoisotopic (exact) mass is 438 g/mol. The van der Waals surface area contributed by atoms with E-state index < -0.39 is 0 Å². The van der Waals surface area contributed by atoms with Gasteiger partial charge >= 0.3 is 6.03 Å². The summed E-state index contributed by atoms with van der Waals surface area (Å²) in [5.74, 6) is 0.933. The molecule has 0 radical (unpaired) electrons. The van der Waals surface area contributed by atoms with Crippen LogP contribution in [0, 0.1) is 0 Å². The Labute approximate surface area is 183 Å². The number of carbonyl (C=O) groups excluding carboxylic acids is 2. The first-order valence-electron chi connectivity index (χ1n) is 9.72. The predicted octanol–water partition coefficient (Wildman–Crippen LogP) is 4.36. The number of thiazole rings is 1. The molecule has 0 saturated heterocycles. The van der Waals surface area contributed by atoms with Crippen molar-refractivity contribution >= 4 is 34.1 Å². The van der Waals surface area contributed by atoms with Gasteiger partial charge in [0.25, 0.3) is 5.91 Å². The number of nitrogens with one attached hydrogen (secondary N) is 3. The van der Waals surface area contributed by atoms with Gasteiger partial charge in [-0.05, 0) is 49.2 Å². The summed E-state index contributed by atoms with van der Waals surface area (Å²) in [6.07, 6.45) is 2.02. The SMILES string of the molecule is COc1ccc(-c2csc(NC(=O)c3cccc(NC(=O)NC4CC4)c3)n2)cc1OC. The first-order valence-corrected chi connectivity index (χ1v) is 10.6. The molecule has 1 saturated carbocycles. The van der Waals surface area contributed by atoms with Gasteiger partial charge in [-0.2, -0.15) is 0 Å². The van der Waals surface area contributed by atoms with Crippen molar-refractivity contribution in [3.05, 3.63) is 53.4 Å². The van der Waals surface area contributed by atoms with Gasteiger partial charge in [0.15, 0.2) is 16.6 Å². The molecular weight excluding hydrogens is 416 g/mol. The van der Waals surface area contributed by atoms with Crippen molar-refractivity contribution in [3.63, 3.8) is 0 Å². The van der Waals surface area contributed by atoms with Crippen LogP contribution in [0.1, 0.15) is 23.2 Å². The summed E-state index contributed by atoms with van der Waals surface area (Å²) in [4.78, 5) is 29.1. The molecule has 0 atom stereocenters. The fourth-order valence-electron chi connectivity index (χ4n) is 2.95. The van der Waals surface area contributed by atoms with E-state index in [4.69, 9.17) is 9.47 Å². The van der Waals surface area contributed by atoms with Crippen molar-refractivity contribution < 1.29 is 19.1 Å². The third-order valence-electron chi connectivity index (χ3n) is 4.70. The highest BCUT2D eigenvalue weighted by molar-refractivity contribution is 7.14. The average Bonchev–Trinajstić information content (AvgIpc) is 3.47. The van der Waals surface area contributed by atoms with Crippen LogP contribution in [-0.2, 0) is 0 Å². The Bertz CT molecular complexity index is 1110. The molecule has 0 aliphatic heterocycles. The second kappa shape index (κ2) is 9.05. The first-order chi connectivity index (χ1) is 15.1. The Morgan fingerprint density at radius 1 is 1.03 bits per heavy atom. The number of hydrogen-bond donors (Lipinski definition) is 3. The fraction of sp³-hybridized carbons (Fsp3) is 0.227. The maximum absolute atomic E-state index is 12.7. The highest BCUT2D eigenvalue weighted by atomic mass is 32.1. The predicted molar refractivity (Wildman–Crippen MR) is 120 cm³/mol. The van der Waals surface area contributed by atoms with Crippen molar-refractivity contribution in [1.29, 1.82) is 0 Å². The molecule has 3 N–H and O–H groups in total. The molecule has 1 heterocycles. The van der Waals surface area contributed by atoms with Crippen LogP contribution >= 0.6 is 11.3 Å². The van der Waals surface area contributed by atoms with Crippen LogP contribution in [0.5, 0.6) is 11.5 Å². The quantitative estimate of drug-likeness (QED) is 0.509. The summed E-state index contributed by atoms with van der Waals surface area (Å²) in [5.41, 5.74) is 2.54. The highest BCUT2D eigenvalue weighted by Gasteiger charge is 2.23. The van der Waals surface area contributed by atoms with E-state index in [0.717, 1.165) is 18.4 Å². The van der Waals surface area contributed by atoms with Crippen molar-refractivity contribution in [2.24, 2.45) is 0 Å². The Hall–Kier alpha value is -3.59. The van der Waals surface area contributed by atoms with Crippen LogP contribution in [0.3, 0.4) is 0 Å². The Balaban J connectivity index is 1.43. The lowest BCUT2D eigenvalue weighted by atomic mass is 10.1. The zero-order valence-corrected chi connectivity index (χ0v) is 17.9. The molecule has 4 rings (SSSR count). The number of carbonyl (C=O) groups is 2. The fourth-order valence-corrected chi connectivity index (χ4v) is 3.66. The molecular formula is C22H22N4O4S. The summed E-state index contributed by atoms with van der Waals surface area (Å²) in [6.45, 7) is 0. The highest BCUT2D eigenvalue weighted by Crippen LogP contribution is 2.33. The van der Waals surface area contributed by atoms with Crippen LogP contribution in [0.2, 0.25) is 0 Å². The molecule has 1 fully saturated rings. The smallest absolute Gasteiger partial charge is 0.319 e. The van der Waals surface area contributed by atoms with Crippen LogP contribution in [0.4, 0.5) is 15.6 Å². The number of rotatable bonds is 7. The lowest BCUT2D eigenvalue weighted by Gasteiger charge is -2.08. The number of anilines is 2. The Morgan fingerprint density at radius 3 is 2.58 bits per heavy atom. The number of ether oxygens (including phenoxy) is 2. The zero-order valence-electron chi connectivity index (χ0n) is 17.1. The molecule has 3 aromatic rings. The molecule has 0 unspecified atom stereocenters. The summed E-state index contributed by atoms with van der Waals surface area (Å²) in [7, 11) is 3.16. The molecule has 0 bridgehead atoms. The number of urea groups is 1. The molecule has 9 heteroatoms. The van der Waals surface area contributed by atoms with E-state index in [9.17, 15) is 9.59 Å². The number of benzene rings is 2. The minimum atomic E-state index is -0.306. The number of amides is 3. The lowest BCUT2D eigenvalue weighted by molar-refractivity contribution is 0.102. The largest absolute Gasteiger partial charge is 0.493 e. The van der Waals surface area contributed by atoms with E-state index in [1.165, 1.54) is 11.3 Å². The van der Waals surface area contributed by atoms with Crippen LogP contribution in [0.15, 0.2) is 47.8 Å². The summed E-state index contributed by atoms with van der Waals surface area (Å²) >= 11 is 1.32. The molecule has 160 valence electrons. The first kappa shape index (κ1) is 20.7. The average molecular weight is 439 g/mol. The molecule has 1 aliphatic carbocycles. The molecule has 1 aliphatic rings. The van der Waals surface area contributed by atoms with Crippen LogP contribution in [0.25, 0.3) is 11.3 Å². The van der Waals surface area contributed by atoms with Crippen molar-refractivity contribution in [2.45, 2.75) is 18.9 Å². The van der Waals surface area contributed by atoms with Gasteiger partial charge in [-0.25, -0.2) is 9.78 Å². The van der Waals surface area contributed by atoms with Crippen molar-refractivity contribution in [3.8, 4) is 22.8 Å². The molecule has 3 amide bonds. The van der Waals surface area contributed by atoms with Gasteiger partial charge in [-0.3, -0.25) is 10.1 Å². The van der Waals surface area contributed by atoms with Crippen LogP contribution in [-0.4, -0.2) is 37.2 Å². The summed E-state index contributed by atoms with van der Waals surface area (Å²) < 4.78 is 10.6. The second-order valence-electron chi connectivity index (χ2n) is 7.02. The van der Waals surface area contributed by atoms with Gasteiger partial charge in [-0.1, -0.05) is 6.07 Å². The van der Waals surface area contributed by atoms with Gasteiger partial charge < -0.3 is 20.1 Å². The Morgan fingerprint density at radius 2 is 1.84 bits per heavy atom. The molecule has 8 nitrogen and oxygen atoms in total. The standard InChI is InChI=1S/C22H22N4O4S/c1-29-18-9-6-13(11-19(18)30-2)17-12-31-22(25-17)26-20(27)14-4-3-5-16(10-14)24-21(28)23-15-7-8-15/h3-6,9-12,15H,7-8H2,1-2H3,(H2,23,24,28)(H,25,26,27). The Kier molecular flexibility index (Phi) is 6.03. The van der Waals surface area contributed by atoms with E-state index in [2.05, 4.69) is 20.9 Å². The van der Waals surface area contributed by atoms with Gasteiger partial charge in [0.2, 0.25) is 0 Å². The number of methoxy groups -OCH3 is 2. The third kappa shape index (κ3) is 5.13. The lowest BCUT2D eigenvalue weighted by Crippen LogP contribution is -2.30. The van der Waals surface area contributed by atoms with E-state index in [-0.39, 0.29) is 18.0 Å². The summed E-state index contributed by atoms with van der Waals surface area (Å²) in [6, 6.07) is 12.3. The van der Waals surface area contributed by atoms with E-state index in [0.29, 0.717) is 33.6 Å². The van der Waals surface area contributed by atoms with E-state index >= 15 is 0 Å². The topological polar surface area (TPSA) is 102 Å².